The van der Waals surface area contributed by atoms with Crippen molar-refractivity contribution in [2.45, 2.75) is 12.1 Å². The third-order valence-corrected chi connectivity index (χ3v) is 3.37. The molecule has 2 aromatic rings. The van der Waals surface area contributed by atoms with E-state index in [9.17, 15) is 5.11 Å². The molecule has 0 aromatic carbocycles. The Hall–Kier alpha value is -0.960. The second kappa shape index (κ2) is 8.61. The monoisotopic (exact) mass is 349 g/mol. The Kier molecular flexibility index (Phi) is 7.47. The first-order valence-electron chi connectivity index (χ1n) is 6.77. The molecule has 124 valence electrons. The Balaban J connectivity index is 0.00000121. The third-order valence-electron chi connectivity index (χ3n) is 3.37. The van der Waals surface area contributed by atoms with Crippen molar-refractivity contribution in [1.82, 2.24) is 25.2 Å². The van der Waals surface area contributed by atoms with Gasteiger partial charge in [-0.2, -0.15) is 0 Å². The zero-order valence-electron chi connectivity index (χ0n) is 12.1. The number of ether oxygens (including phenoxy) is 1. The van der Waals surface area contributed by atoms with Gasteiger partial charge < -0.3 is 20.5 Å². The summed E-state index contributed by atoms with van der Waals surface area (Å²) in [6.07, 6.45) is 1.93. The van der Waals surface area contributed by atoms with Crippen LogP contribution >= 0.6 is 24.8 Å². The Morgan fingerprint density at radius 1 is 1.36 bits per heavy atom. The number of hydrogen-bond donors (Lipinski definition) is 3. The first-order chi connectivity index (χ1) is 9.77. The molecule has 1 saturated heterocycles. The maximum atomic E-state index is 10.4. The average molecular weight is 350 g/mol. The van der Waals surface area contributed by atoms with E-state index in [0.29, 0.717) is 32.8 Å². The largest absolute Gasteiger partial charge is 0.385 e. The first-order valence-corrected chi connectivity index (χ1v) is 6.77. The van der Waals surface area contributed by atoms with Crippen LogP contribution in [0.5, 0.6) is 0 Å². The maximum Gasteiger partial charge on any atom is 0.160 e. The summed E-state index contributed by atoms with van der Waals surface area (Å²) in [6, 6.07) is 5.78. The van der Waals surface area contributed by atoms with Crippen LogP contribution in [0.1, 0.15) is 5.82 Å². The summed E-state index contributed by atoms with van der Waals surface area (Å²) in [5, 5.41) is 25.0. The van der Waals surface area contributed by atoms with E-state index >= 15 is 0 Å². The predicted octanol–water partition coefficient (Wildman–Crippen LogP) is 0.0134. The summed E-state index contributed by atoms with van der Waals surface area (Å²) in [5.74, 6) is 0.826. The Morgan fingerprint density at radius 3 is 3.09 bits per heavy atom. The van der Waals surface area contributed by atoms with Gasteiger partial charge in [0, 0.05) is 25.8 Å². The molecular formula is C13H21Cl2N5O2. The molecule has 0 spiro atoms. The molecule has 0 bridgehead atoms. The van der Waals surface area contributed by atoms with E-state index < -0.39 is 5.60 Å². The number of nitrogens with one attached hydrogen (secondary N) is 2. The fraction of sp³-hybridized carbons (Fsp3) is 0.538. The second-order valence-electron chi connectivity index (χ2n) is 5.10. The minimum Gasteiger partial charge on any atom is -0.385 e. The number of nitrogens with zero attached hydrogens (tertiary/aromatic N) is 3. The summed E-state index contributed by atoms with van der Waals surface area (Å²) in [6.45, 7) is 3.28. The topological polar surface area (TPSA) is 83.7 Å². The minimum absolute atomic E-state index is 0. The van der Waals surface area contributed by atoms with Gasteiger partial charge in [0.15, 0.2) is 11.5 Å². The molecule has 7 nitrogen and oxygen atoms in total. The number of pyridine rings is 1. The second-order valence-corrected chi connectivity index (χ2v) is 5.10. The lowest BCUT2D eigenvalue weighted by Crippen LogP contribution is -2.50. The van der Waals surface area contributed by atoms with Crippen molar-refractivity contribution in [3.63, 3.8) is 0 Å². The van der Waals surface area contributed by atoms with Gasteiger partial charge in [-0.15, -0.1) is 35.0 Å². The molecule has 1 aliphatic rings. The van der Waals surface area contributed by atoms with Crippen molar-refractivity contribution in [3.8, 4) is 0 Å². The first kappa shape index (κ1) is 19.1. The highest BCUT2D eigenvalue weighted by Crippen LogP contribution is 2.07. The van der Waals surface area contributed by atoms with E-state index in [2.05, 4.69) is 20.8 Å². The molecule has 0 aliphatic carbocycles. The SMILES string of the molecule is Cl.Cl.OC1(CNCc2nnc3ccccn23)CNCCOC1. The van der Waals surface area contributed by atoms with Crippen LogP contribution in [0.3, 0.4) is 0 Å². The Morgan fingerprint density at radius 2 is 2.23 bits per heavy atom. The van der Waals surface area contributed by atoms with Gasteiger partial charge in [0.25, 0.3) is 0 Å². The van der Waals surface area contributed by atoms with E-state index in [4.69, 9.17) is 4.74 Å². The van der Waals surface area contributed by atoms with Gasteiger partial charge in [-0.05, 0) is 12.1 Å². The van der Waals surface area contributed by atoms with E-state index in [1.807, 2.05) is 28.8 Å². The van der Waals surface area contributed by atoms with Gasteiger partial charge in [0.2, 0.25) is 0 Å². The molecule has 0 saturated carbocycles. The molecule has 0 amide bonds. The predicted molar refractivity (Wildman–Crippen MR) is 87.8 cm³/mol. The van der Waals surface area contributed by atoms with Crippen LogP contribution in [0, 0.1) is 0 Å². The van der Waals surface area contributed by atoms with Crippen molar-refractivity contribution < 1.29 is 9.84 Å². The minimum atomic E-state index is -0.878. The molecule has 3 rings (SSSR count). The van der Waals surface area contributed by atoms with Gasteiger partial charge in [0.05, 0.1) is 19.8 Å². The number of fused-ring (bicyclic) bond motifs is 1. The highest BCUT2D eigenvalue weighted by Gasteiger charge is 2.28. The summed E-state index contributed by atoms with van der Waals surface area (Å²) in [5.41, 5.74) is -0.0562. The van der Waals surface area contributed by atoms with E-state index in [0.717, 1.165) is 18.0 Å². The van der Waals surface area contributed by atoms with E-state index in [-0.39, 0.29) is 24.8 Å². The molecule has 1 fully saturated rings. The zero-order valence-corrected chi connectivity index (χ0v) is 13.7. The van der Waals surface area contributed by atoms with E-state index in [1.54, 1.807) is 0 Å². The lowest BCUT2D eigenvalue weighted by molar-refractivity contribution is -0.0265. The van der Waals surface area contributed by atoms with Crippen LogP contribution in [0.25, 0.3) is 5.65 Å². The summed E-state index contributed by atoms with van der Waals surface area (Å²) >= 11 is 0. The molecule has 1 aliphatic heterocycles. The molecule has 22 heavy (non-hydrogen) atoms. The zero-order chi connectivity index (χ0) is 13.8. The van der Waals surface area contributed by atoms with Crippen molar-refractivity contribution >= 4 is 30.5 Å². The van der Waals surface area contributed by atoms with Gasteiger partial charge in [-0.3, -0.25) is 4.40 Å². The van der Waals surface area contributed by atoms with Gasteiger partial charge in [-0.25, -0.2) is 0 Å². The van der Waals surface area contributed by atoms with Crippen molar-refractivity contribution in [2.75, 3.05) is 32.8 Å². The summed E-state index contributed by atoms with van der Waals surface area (Å²) < 4.78 is 7.31. The standard InChI is InChI=1S/C13H19N5O2.2ClH/c19-13(8-14-4-6-20-10-13)9-15-7-12-17-16-11-3-1-2-5-18(11)12;;/h1-3,5,14-15,19H,4,6-10H2;2*1H. The van der Waals surface area contributed by atoms with Crippen LogP contribution in [-0.2, 0) is 11.3 Å². The van der Waals surface area contributed by atoms with Gasteiger partial charge in [-0.1, -0.05) is 6.07 Å². The van der Waals surface area contributed by atoms with Crippen molar-refractivity contribution in [1.29, 1.82) is 0 Å². The highest BCUT2D eigenvalue weighted by molar-refractivity contribution is 5.85. The van der Waals surface area contributed by atoms with Crippen molar-refractivity contribution in [3.05, 3.63) is 30.2 Å². The van der Waals surface area contributed by atoms with Crippen LogP contribution in [0.15, 0.2) is 24.4 Å². The smallest absolute Gasteiger partial charge is 0.160 e. The number of aromatic nitrogens is 3. The fourth-order valence-electron chi connectivity index (χ4n) is 2.31. The molecule has 0 radical (unpaired) electrons. The average Bonchev–Trinajstić information content (AvgIpc) is 2.74. The van der Waals surface area contributed by atoms with Crippen LogP contribution < -0.4 is 10.6 Å². The van der Waals surface area contributed by atoms with Gasteiger partial charge >= 0.3 is 0 Å². The molecule has 3 heterocycles. The molecule has 1 atom stereocenters. The normalized spacial score (nSPS) is 21.7. The van der Waals surface area contributed by atoms with Gasteiger partial charge in [0.1, 0.15) is 5.60 Å². The van der Waals surface area contributed by atoms with Crippen molar-refractivity contribution in [2.24, 2.45) is 0 Å². The highest BCUT2D eigenvalue weighted by atomic mass is 35.5. The number of β-amino-alcohol motifs (C(OH)–C–C–N with tert-alkyl or cyclic N) is 1. The number of aliphatic hydroxyl groups is 1. The molecule has 2 aromatic heterocycles. The Bertz CT molecular complexity index is 572. The third kappa shape index (κ3) is 4.52. The Labute approximate surface area is 141 Å². The molecule has 1 unspecified atom stereocenters. The van der Waals surface area contributed by atoms with E-state index in [1.165, 1.54) is 0 Å². The van der Waals surface area contributed by atoms with Crippen LogP contribution in [-0.4, -0.2) is 58.2 Å². The maximum absolute atomic E-state index is 10.4. The number of rotatable bonds is 4. The number of hydrogen-bond acceptors (Lipinski definition) is 6. The molecular weight excluding hydrogens is 329 g/mol. The lowest BCUT2D eigenvalue weighted by Gasteiger charge is -2.25. The molecule has 9 heteroatoms. The summed E-state index contributed by atoms with van der Waals surface area (Å²) in [4.78, 5) is 0. The summed E-state index contributed by atoms with van der Waals surface area (Å²) in [7, 11) is 0. The quantitative estimate of drug-likeness (QED) is 0.721. The fourth-order valence-corrected chi connectivity index (χ4v) is 2.31. The lowest BCUT2D eigenvalue weighted by atomic mass is 10.1. The number of halogens is 2. The van der Waals surface area contributed by atoms with Crippen LogP contribution in [0.2, 0.25) is 0 Å². The van der Waals surface area contributed by atoms with Crippen LogP contribution in [0.4, 0.5) is 0 Å². The molecule has 3 N–H and O–H groups in total.